The van der Waals surface area contributed by atoms with Crippen LogP contribution in [0.2, 0.25) is 0 Å². The lowest BCUT2D eigenvalue weighted by atomic mass is 10.0. The van der Waals surface area contributed by atoms with Crippen molar-refractivity contribution >= 4 is 5.97 Å². The van der Waals surface area contributed by atoms with Crippen molar-refractivity contribution in [2.75, 3.05) is 0 Å². The van der Waals surface area contributed by atoms with Gasteiger partial charge in [-0.3, -0.25) is 0 Å². The summed E-state index contributed by atoms with van der Waals surface area (Å²) >= 11 is 0. The third-order valence-corrected chi connectivity index (χ3v) is 2.39. The van der Waals surface area contributed by atoms with Gasteiger partial charge in [0.25, 0.3) is 0 Å². The first-order valence-corrected chi connectivity index (χ1v) is 4.67. The third-order valence-electron chi connectivity index (χ3n) is 2.39. The maximum absolute atomic E-state index is 10.9. The summed E-state index contributed by atoms with van der Waals surface area (Å²) in [5, 5.41) is 8.99. The van der Waals surface area contributed by atoms with Gasteiger partial charge in [0.05, 0.1) is 11.3 Å². The largest absolute Gasteiger partial charge is 0.478 e. The van der Waals surface area contributed by atoms with Crippen molar-refractivity contribution < 1.29 is 9.90 Å². The van der Waals surface area contributed by atoms with Crippen LogP contribution in [0.4, 0.5) is 0 Å². The average Bonchev–Trinajstić information content (AvgIpc) is 2.67. The molecular formula is C12H11NO2. The summed E-state index contributed by atoms with van der Waals surface area (Å²) in [6.45, 7) is 1.96. The van der Waals surface area contributed by atoms with E-state index >= 15 is 0 Å². The molecule has 0 unspecified atom stereocenters. The smallest absolute Gasteiger partial charge is 0.337 e. The Morgan fingerprint density at radius 1 is 1.27 bits per heavy atom. The Morgan fingerprint density at radius 3 is 2.67 bits per heavy atom. The summed E-state index contributed by atoms with van der Waals surface area (Å²) < 4.78 is 0. The minimum Gasteiger partial charge on any atom is -0.478 e. The first kappa shape index (κ1) is 9.52. The number of H-pyrrole nitrogens is 1. The van der Waals surface area contributed by atoms with Crippen LogP contribution < -0.4 is 0 Å². The highest BCUT2D eigenvalue weighted by Gasteiger charge is 2.13. The molecule has 0 radical (unpaired) electrons. The van der Waals surface area contributed by atoms with E-state index in [0.717, 1.165) is 11.1 Å². The molecule has 0 amide bonds. The molecule has 3 nitrogen and oxygen atoms in total. The van der Waals surface area contributed by atoms with Crippen LogP contribution in [-0.4, -0.2) is 16.1 Å². The second-order valence-electron chi connectivity index (χ2n) is 3.39. The van der Waals surface area contributed by atoms with Crippen molar-refractivity contribution in [3.05, 3.63) is 47.7 Å². The zero-order valence-electron chi connectivity index (χ0n) is 8.32. The molecule has 0 saturated carbocycles. The molecule has 2 rings (SSSR count). The van der Waals surface area contributed by atoms with Crippen LogP contribution in [0.25, 0.3) is 11.3 Å². The Bertz CT molecular complexity index is 500. The van der Waals surface area contributed by atoms with Gasteiger partial charge in [0.1, 0.15) is 0 Å². The molecule has 76 valence electrons. The lowest BCUT2D eigenvalue weighted by Gasteiger charge is -2.04. The van der Waals surface area contributed by atoms with Gasteiger partial charge in [-0.1, -0.05) is 24.3 Å². The quantitative estimate of drug-likeness (QED) is 0.784. The van der Waals surface area contributed by atoms with E-state index in [0.29, 0.717) is 11.3 Å². The molecule has 2 N–H and O–H groups in total. The number of hydrogen-bond acceptors (Lipinski definition) is 1. The summed E-state index contributed by atoms with van der Waals surface area (Å²) in [7, 11) is 0. The maximum atomic E-state index is 10.9. The number of carboxylic acid groups (broad SMARTS) is 1. The van der Waals surface area contributed by atoms with Crippen LogP contribution in [0, 0.1) is 6.92 Å². The van der Waals surface area contributed by atoms with Crippen molar-refractivity contribution in [3.8, 4) is 11.3 Å². The highest BCUT2D eigenvalue weighted by Crippen LogP contribution is 2.24. The van der Waals surface area contributed by atoms with E-state index in [1.165, 1.54) is 0 Å². The Kier molecular flexibility index (Phi) is 2.29. The molecule has 0 aliphatic heterocycles. The van der Waals surface area contributed by atoms with Gasteiger partial charge < -0.3 is 10.1 Å². The zero-order chi connectivity index (χ0) is 10.8. The first-order valence-electron chi connectivity index (χ1n) is 4.67. The van der Waals surface area contributed by atoms with Crippen LogP contribution in [0.15, 0.2) is 36.5 Å². The van der Waals surface area contributed by atoms with Crippen molar-refractivity contribution in [1.82, 2.24) is 4.98 Å². The fourth-order valence-electron chi connectivity index (χ4n) is 1.62. The van der Waals surface area contributed by atoms with Crippen LogP contribution in [0.3, 0.4) is 0 Å². The Hall–Kier alpha value is -2.03. The van der Waals surface area contributed by atoms with E-state index in [1.54, 1.807) is 12.3 Å². The standard InChI is InChI=1S/C12H11NO2/c1-8-4-2-3-5-9(8)11-10(12(14)15)6-7-13-11/h2-7,13H,1H3,(H,14,15). The normalized spacial score (nSPS) is 10.2. The van der Waals surface area contributed by atoms with E-state index in [1.807, 2.05) is 31.2 Å². The van der Waals surface area contributed by atoms with Crippen LogP contribution in [-0.2, 0) is 0 Å². The molecule has 0 saturated heterocycles. The third kappa shape index (κ3) is 1.64. The molecular weight excluding hydrogens is 190 g/mol. The molecule has 0 bridgehead atoms. The van der Waals surface area contributed by atoms with E-state index in [9.17, 15) is 4.79 Å². The molecule has 2 aromatic rings. The number of nitrogens with one attached hydrogen (secondary N) is 1. The molecule has 0 atom stereocenters. The summed E-state index contributed by atoms with van der Waals surface area (Å²) in [5.74, 6) is -0.908. The molecule has 15 heavy (non-hydrogen) atoms. The van der Waals surface area contributed by atoms with E-state index in [2.05, 4.69) is 4.98 Å². The van der Waals surface area contributed by atoms with Gasteiger partial charge in [0.2, 0.25) is 0 Å². The number of aromatic amines is 1. The molecule has 3 heteroatoms. The average molecular weight is 201 g/mol. The van der Waals surface area contributed by atoms with Gasteiger partial charge in [-0.2, -0.15) is 0 Å². The fraction of sp³-hybridized carbons (Fsp3) is 0.0833. The van der Waals surface area contributed by atoms with Gasteiger partial charge in [0.15, 0.2) is 0 Å². The number of benzene rings is 1. The first-order chi connectivity index (χ1) is 7.20. The fourth-order valence-corrected chi connectivity index (χ4v) is 1.62. The van der Waals surface area contributed by atoms with E-state index < -0.39 is 5.97 Å². The molecule has 0 fully saturated rings. The number of aromatic nitrogens is 1. The lowest BCUT2D eigenvalue weighted by molar-refractivity contribution is 0.0698. The minimum atomic E-state index is -0.908. The summed E-state index contributed by atoms with van der Waals surface area (Å²) in [5.41, 5.74) is 2.97. The number of carbonyl (C=O) groups is 1. The van der Waals surface area contributed by atoms with Gasteiger partial charge in [-0.05, 0) is 18.6 Å². The lowest BCUT2D eigenvalue weighted by Crippen LogP contribution is -1.97. The molecule has 1 aromatic heterocycles. The van der Waals surface area contributed by atoms with Crippen molar-refractivity contribution in [2.24, 2.45) is 0 Å². The summed E-state index contributed by atoms with van der Waals surface area (Å²) in [6, 6.07) is 9.27. The molecule has 1 aromatic carbocycles. The van der Waals surface area contributed by atoms with E-state index in [4.69, 9.17) is 5.11 Å². The van der Waals surface area contributed by atoms with Gasteiger partial charge in [-0.25, -0.2) is 4.79 Å². The summed E-state index contributed by atoms with van der Waals surface area (Å²) in [6.07, 6.45) is 1.64. The number of rotatable bonds is 2. The SMILES string of the molecule is Cc1ccccc1-c1[nH]ccc1C(=O)O. The van der Waals surface area contributed by atoms with Gasteiger partial charge in [0, 0.05) is 11.8 Å². The highest BCUT2D eigenvalue weighted by atomic mass is 16.4. The van der Waals surface area contributed by atoms with Crippen molar-refractivity contribution in [1.29, 1.82) is 0 Å². The topological polar surface area (TPSA) is 53.1 Å². The maximum Gasteiger partial charge on any atom is 0.337 e. The minimum absolute atomic E-state index is 0.310. The highest BCUT2D eigenvalue weighted by molar-refractivity contribution is 5.95. The number of hydrogen-bond donors (Lipinski definition) is 2. The molecule has 0 aliphatic rings. The molecule has 0 spiro atoms. The monoisotopic (exact) mass is 201 g/mol. The van der Waals surface area contributed by atoms with Crippen LogP contribution in [0.5, 0.6) is 0 Å². The number of aromatic carboxylic acids is 1. The van der Waals surface area contributed by atoms with Gasteiger partial charge in [-0.15, -0.1) is 0 Å². The van der Waals surface area contributed by atoms with Crippen molar-refractivity contribution in [2.45, 2.75) is 6.92 Å². The Morgan fingerprint density at radius 2 is 2.00 bits per heavy atom. The second kappa shape index (κ2) is 3.61. The molecule has 0 aliphatic carbocycles. The Labute approximate surface area is 87.4 Å². The number of carboxylic acids is 1. The zero-order valence-corrected chi connectivity index (χ0v) is 8.32. The van der Waals surface area contributed by atoms with Crippen LogP contribution in [0.1, 0.15) is 15.9 Å². The predicted molar refractivity (Wildman–Crippen MR) is 57.9 cm³/mol. The van der Waals surface area contributed by atoms with Crippen molar-refractivity contribution in [3.63, 3.8) is 0 Å². The predicted octanol–water partition coefficient (Wildman–Crippen LogP) is 2.69. The van der Waals surface area contributed by atoms with Gasteiger partial charge >= 0.3 is 5.97 Å². The summed E-state index contributed by atoms with van der Waals surface area (Å²) in [4.78, 5) is 13.9. The number of aryl methyl sites for hydroxylation is 1. The van der Waals surface area contributed by atoms with E-state index in [-0.39, 0.29) is 0 Å². The molecule has 1 heterocycles. The van der Waals surface area contributed by atoms with Crippen LogP contribution >= 0.6 is 0 Å². The second-order valence-corrected chi connectivity index (χ2v) is 3.39. The Balaban J connectivity index is 2.59.